The van der Waals surface area contributed by atoms with Crippen molar-refractivity contribution in [1.29, 1.82) is 0 Å². The van der Waals surface area contributed by atoms with Gasteiger partial charge in [0.05, 0.1) is 16.4 Å². The maximum Gasteiger partial charge on any atom is 0.243 e. The molecule has 2 fully saturated rings. The third-order valence-corrected chi connectivity index (χ3v) is 7.33. The monoisotopic (exact) mass is 365 g/mol. The van der Waals surface area contributed by atoms with Crippen LogP contribution in [0.25, 0.3) is 0 Å². The summed E-state index contributed by atoms with van der Waals surface area (Å²) in [6.45, 7) is 3.08. The van der Waals surface area contributed by atoms with Crippen molar-refractivity contribution in [3.05, 3.63) is 30.3 Å². The number of piperidine rings is 1. The maximum absolute atomic E-state index is 12.8. The van der Waals surface area contributed by atoms with Crippen molar-refractivity contribution in [2.45, 2.75) is 43.0 Å². The standard InChI is InChI=1S/C18H27N3O3S/c1-18(13-19,15-9-10-15)20-17(22)14-6-5-11-21(12-14)25(23,24)16-7-3-2-4-8-16/h2-4,7-8,14-15H,5-6,9-13,19H2,1H3,(H,20,22). The van der Waals surface area contributed by atoms with E-state index in [0.29, 0.717) is 31.8 Å². The Morgan fingerprint density at radius 2 is 1.96 bits per heavy atom. The highest BCUT2D eigenvalue weighted by molar-refractivity contribution is 7.89. The summed E-state index contributed by atoms with van der Waals surface area (Å²) >= 11 is 0. The van der Waals surface area contributed by atoms with Crippen LogP contribution in [0, 0.1) is 11.8 Å². The number of benzene rings is 1. The van der Waals surface area contributed by atoms with E-state index in [0.717, 1.165) is 12.8 Å². The second kappa shape index (κ2) is 7.05. The number of sulfonamides is 1. The normalized spacial score (nSPS) is 24.5. The molecule has 1 aromatic rings. The Morgan fingerprint density at radius 3 is 2.56 bits per heavy atom. The van der Waals surface area contributed by atoms with Crippen molar-refractivity contribution in [1.82, 2.24) is 9.62 Å². The van der Waals surface area contributed by atoms with Gasteiger partial charge in [0.1, 0.15) is 0 Å². The smallest absolute Gasteiger partial charge is 0.243 e. The van der Waals surface area contributed by atoms with Gasteiger partial charge in [-0.25, -0.2) is 8.42 Å². The van der Waals surface area contributed by atoms with Crippen LogP contribution in [0.5, 0.6) is 0 Å². The van der Waals surface area contributed by atoms with Gasteiger partial charge in [0.2, 0.25) is 15.9 Å². The van der Waals surface area contributed by atoms with E-state index in [-0.39, 0.29) is 28.8 Å². The summed E-state index contributed by atoms with van der Waals surface area (Å²) in [5.74, 6) is 0.0406. The number of carbonyl (C=O) groups excluding carboxylic acids is 1. The van der Waals surface area contributed by atoms with Crippen molar-refractivity contribution in [2.75, 3.05) is 19.6 Å². The molecule has 6 nitrogen and oxygen atoms in total. The molecule has 1 saturated carbocycles. The lowest BCUT2D eigenvalue weighted by atomic mass is 9.92. The van der Waals surface area contributed by atoms with E-state index < -0.39 is 10.0 Å². The summed E-state index contributed by atoms with van der Waals surface area (Å²) in [4.78, 5) is 13.0. The van der Waals surface area contributed by atoms with Crippen LogP contribution >= 0.6 is 0 Å². The van der Waals surface area contributed by atoms with Crippen molar-refractivity contribution in [3.8, 4) is 0 Å². The molecule has 0 bridgehead atoms. The topological polar surface area (TPSA) is 92.5 Å². The van der Waals surface area contributed by atoms with Gasteiger partial charge in [0.25, 0.3) is 0 Å². The molecular weight excluding hydrogens is 338 g/mol. The maximum atomic E-state index is 12.8. The van der Waals surface area contributed by atoms with Crippen molar-refractivity contribution in [3.63, 3.8) is 0 Å². The summed E-state index contributed by atoms with van der Waals surface area (Å²) in [5.41, 5.74) is 5.50. The van der Waals surface area contributed by atoms with Crippen LogP contribution in [0.4, 0.5) is 0 Å². The summed E-state index contributed by atoms with van der Waals surface area (Å²) in [6.07, 6.45) is 3.57. The average Bonchev–Trinajstić information content (AvgIpc) is 3.48. The molecule has 0 spiro atoms. The minimum absolute atomic E-state index is 0.0761. The molecule has 2 atom stereocenters. The van der Waals surface area contributed by atoms with E-state index in [1.54, 1.807) is 30.3 Å². The molecule has 0 radical (unpaired) electrons. The average molecular weight is 365 g/mol. The van der Waals surface area contributed by atoms with E-state index in [1.165, 1.54) is 4.31 Å². The fourth-order valence-corrected chi connectivity index (χ4v) is 5.08. The first-order valence-electron chi connectivity index (χ1n) is 8.94. The zero-order valence-corrected chi connectivity index (χ0v) is 15.5. The molecule has 1 aliphatic heterocycles. The van der Waals surface area contributed by atoms with E-state index in [1.807, 2.05) is 6.92 Å². The Kier molecular flexibility index (Phi) is 5.18. The molecule has 1 amide bonds. The van der Waals surface area contributed by atoms with Crippen LogP contribution < -0.4 is 11.1 Å². The van der Waals surface area contributed by atoms with Crippen LogP contribution in [-0.2, 0) is 14.8 Å². The van der Waals surface area contributed by atoms with E-state index in [4.69, 9.17) is 5.73 Å². The molecule has 1 heterocycles. The summed E-state index contributed by atoms with van der Waals surface area (Å²) in [7, 11) is -3.55. The molecule has 3 rings (SSSR count). The van der Waals surface area contributed by atoms with E-state index >= 15 is 0 Å². The second-order valence-corrected chi connectivity index (χ2v) is 9.34. The third kappa shape index (κ3) is 3.88. The molecule has 1 aliphatic carbocycles. The van der Waals surface area contributed by atoms with Gasteiger partial charge in [0.15, 0.2) is 0 Å². The van der Waals surface area contributed by atoms with Crippen molar-refractivity contribution < 1.29 is 13.2 Å². The van der Waals surface area contributed by atoms with Gasteiger partial charge >= 0.3 is 0 Å². The highest BCUT2D eigenvalue weighted by Crippen LogP contribution is 2.39. The zero-order valence-electron chi connectivity index (χ0n) is 14.6. The summed E-state index contributed by atoms with van der Waals surface area (Å²) in [6, 6.07) is 8.40. The number of amides is 1. The van der Waals surface area contributed by atoms with Gasteiger partial charge in [-0.15, -0.1) is 0 Å². The predicted octanol–water partition coefficient (Wildman–Crippen LogP) is 1.33. The number of carbonyl (C=O) groups is 1. The number of nitrogens with zero attached hydrogens (tertiary/aromatic N) is 1. The lowest BCUT2D eigenvalue weighted by molar-refractivity contribution is -0.128. The Labute approximate surface area is 149 Å². The predicted molar refractivity (Wildman–Crippen MR) is 96.3 cm³/mol. The number of hydrogen-bond acceptors (Lipinski definition) is 4. The fraction of sp³-hybridized carbons (Fsp3) is 0.611. The zero-order chi connectivity index (χ0) is 18.1. The van der Waals surface area contributed by atoms with Gasteiger partial charge < -0.3 is 11.1 Å². The molecule has 138 valence electrons. The van der Waals surface area contributed by atoms with Gasteiger partial charge in [-0.05, 0) is 50.7 Å². The molecule has 2 aliphatic rings. The Morgan fingerprint density at radius 1 is 1.28 bits per heavy atom. The van der Waals surface area contributed by atoms with Gasteiger partial charge in [-0.3, -0.25) is 4.79 Å². The van der Waals surface area contributed by atoms with Crippen molar-refractivity contribution in [2.24, 2.45) is 17.6 Å². The molecule has 3 N–H and O–H groups in total. The quantitative estimate of drug-likeness (QED) is 0.795. The summed E-state index contributed by atoms with van der Waals surface area (Å²) < 4.78 is 27.0. The van der Waals surface area contributed by atoms with E-state index in [9.17, 15) is 13.2 Å². The van der Waals surface area contributed by atoms with Crippen LogP contribution in [0.1, 0.15) is 32.6 Å². The first-order valence-corrected chi connectivity index (χ1v) is 10.4. The van der Waals surface area contributed by atoms with Gasteiger partial charge in [-0.1, -0.05) is 18.2 Å². The highest BCUT2D eigenvalue weighted by atomic mass is 32.2. The highest BCUT2D eigenvalue weighted by Gasteiger charge is 2.43. The first-order chi connectivity index (χ1) is 11.9. The minimum atomic E-state index is -3.55. The fourth-order valence-electron chi connectivity index (χ4n) is 3.54. The van der Waals surface area contributed by atoms with Gasteiger partial charge in [-0.2, -0.15) is 4.31 Å². The lowest BCUT2D eigenvalue weighted by Crippen LogP contribution is -2.56. The van der Waals surface area contributed by atoms with Crippen LogP contribution in [0.15, 0.2) is 35.2 Å². The first kappa shape index (κ1) is 18.4. The van der Waals surface area contributed by atoms with Gasteiger partial charge in [0, 0.05) is 19.6 Å². The van der Waals surface area contributed by atoms with Crippen LogP contribution in [0.3, 0.4) is 0 Å². The minimum Gasteiger partial charge on any atom is -0.349 e. The van der Waals surface area contributed by atoms with Crippen LogP contribution in [0.2, 0.25) is 0 Å². The Bertz CT molecular complexity index is 718. The lowest BCUT2D eigenvalue weighted by Gasteiger charge is -2.35. The Hall–Kier alpha value is -1.44. The Balaban J connectivity index is 1.69. The molecule has 0 aromatic heterocycles. The summed E-state index contributed by atoms with van der Waals surface area (Å²) in [5, 5.41) is 3.10. The van der Waals surface area contributed by atoms with Crippen molar-refractivity contribution >= 4 is 15.9 Å². The number of rotatable bonds is 6. The number of nitrogens with one attached hydrogen (secondary N) is 1. The van der Waals surface area contributed by atoms with Crippen LogP contribution in [-0.4, -0.2) is 43.8 Å². The molecule has 25 heavy (non-hydrogen) atoms. The number of nitrogens with two attached hydrogens (primary N) is 1. The number of hydrogen-bond donors (Lipinski definition) is 2. The second-order valence-electron chi connectivity index (χ2n) is 7.40. The van der Waals surface area contributed by atoms with E-state index in [2.05, 4.69) is 5.32 Å². The largest absolute Gasteiger partial charge is 0.349 e. The third-order valence-electron chi connectivity index (χ3n) is 5.45. The SMILES string of the molecule is CC(CN)(NC(=O)C1CCCN(S(=O)(=O)c2ccccc2)C1)C1CC1. The molecular formula is C18H27N3O3S. The molecule has 7 heteroatoms. The molecule has 1 aromatic carbocycles. The molecule has 2 unspecified atom stereocenters. The molecule has 1 saturated heterocycles.